The lowest BCUT2D eigenvalue weighted by Crippen LogP contribution is -2.16. The van der Waals surface area contributed by atoms with E-state index in [0.29, 0.717) is 22.4 Å². The summed E-state index contributed by atoms with van der Waals surface area (Å²) in [5.41, 5.74) is 0.453. The van der Waals surface area contributed by atoms with Crippen LogP contribution in [0.1, 0.15) is 26.6 Å². The van der Waals surface area contributed by atoms with E-state index in [4.69, 9.17) is 16.3 Å². The number of rotatable bonds is 1. The van der Waals surface area contributed by atoms with E-state index >= 15 is 0 Å². The maximum absolute atomic E-state index is 5.90. The van der Waals surface area contributed by atoms with Crippen LogP contribution in [0, 0.1) is 0 Å². The molecule has 0 amide bonds. The van der Waals surface area contributed by atoms with Crippen molar-refractivity contribution < 1.29 is 4.74 Å². The second kappa shape index (κ2) is 4.11. The topological polar surface area (TPSA) is 47.9 Å². The van der Waals surface area contributed by atoms with Crippen molar-refractivity contribution in [3.05, 3.63) is 23.1 Å². The second-order valence-corrected chi connectivity index (χ2v) is 5.27. The first kappa shape index (κ1) is 12.0. The van der Waals surface area contributed by atoms with Crippen molar-refractivity contribution in [2.24, 2.45) is 0 Å². The SMILES string of the molecule is COc1nc(C(C)(C)C)nc2ncc(Cl)cc12. The summed E-state index contributed by atoms with van der Waals surface area (Å²) in [4.78, 5) is 13.0. The van der Waals surface area contributed by atoms with Gasteiger partial charge in [-0.1, -0.05) is 32.4 Å². The summed E-state index contributed by atoms with van der Waals surface area (Å²) in [5.74, 6) is 1.21. The van der Waals surface area contributed by atoms with Gasteiger partial charge in [0.25, 0.3) is 0 Å². The summed E-state index contributed by atoms with van der Waals surface area (Å²) in [6.07, 6.45) is 1.57. The first-order valence-electron chi connectivity index (χ1n) is 5.29. The largest absolute Gasteiger partial charge is 0.480 e. The normalized spacial score (nSPS) is 11.8. The molecule has 0 N–H and O–H groups in total. The van der Waals surface area contributed by atoms with Gasteiger partial charge in [0.05, 0.1) is 17.5 Å². The van der Waals surface area contributed by atoms with Crippen LogP contribution in [0.4, 0.5) is 0 Å². The highest BCUT2D eigenvalue weighted by molar-refractivity contribution is 6.31. The number of ether oxygens (including phenoxy) is 1. The van der Waals surface area contributed by atoms with Gasteiger partial charge in [-0.05, 0) is 6.07 Å². The van der Waals surface area contributed by atoms with Crippen LogP contribution >= 0.6 is 11.6 Å². The summed E-state index contributed by atoms with van der Waals surface area (Å²) in [6.45, 7) is 6.14. The highest BCUT2D eigenvalue weighted by atomic mass is 35.5. The molecule has 0 aliphatic carbocycles. The molecular formula is C12H14ClN3O. The van der Waals surface area contributed by atoms with Crippen molar-refractivity contribution in [1.29, 1.82) is 0 Å². The average molecular weight is 252 g/mol. The van der Waals surface area contributed by atoms with Crippen LogP contribution in [0.15, 0.2) is 12.3 Å². The molecule has 17 heavy (non-hydrogen) atoms. The summed E-state index contributed by atoms with van der Waals surface area (Å²) in [6, 6.07) is 1.76. The van der Waals surface area contributed by atoms with E-state index in [1.165, 1.54) is 0 Å². The maximum Gasteiger partial charge on any atom is 0.226 e. The third-order valence-corrected chi connectivity index (χ3v) is 2.55. The smallest absolute Gasteiger partial charge is 0.226 e. The molecule has 0 atom stereocenters. The summed E-state index contributed by atoms with van der Waals surface area (Å²) in [7, 11) is 1.58. The molecule has 0 unspecified atom stereocenters. The van der Waals surface area contributed by atoms with Crippen molar-refractivity contribution >= 4 is 22.6 Å². The molecule has 0 saturated carbocycles. The molecule has 2 aromatic rings. The lowest BCUT2D eigenvalue weighted by molar-refractivity contribution is 0.395. The van der Waals surface area contributed by atoms with Crippen molar-refractivity contribution in [1.82, 2.24) is 15.0 Å². The van der Waals surface area contributed by atoms with Crippen LogP contribution in [0.2, 0.25) is 5.02 Å². The Balaban J connectivity index is 2.75. The summed E-state index contributed by atoms with van der Waals surface area (Å²) in [5, 5.41) is 1.27. The van der Waals surface area contributed by atoms with Gasteiger partial charge >= 0.3 is 0 Å². The third-order valence-electron chi connectivity index (χ3n) is 2.35. The zero-order valence-electron chi connectivity index (χ0n) is 10.3. The number of fused-ring (bicyclic) bond motifs is 1. The number of aromatic nitrogens is 3. The van der Waals surface area contributed by atoms with Gasteiger partial charge in [0, 0.05) is 11.6 Å². The Kier molecular flexibility index (Phi) is 2.91. The van der Waals surface area contributed by atoms with Crippen LogP contribution in [0.3, 0.4) is 0 Å². The zero-order chi connectivity index (χ0) is 12.6. The fourth-order valence-electron chi connectivity index (χ4n) is 1.45. The Labute approximate surface area is 105 Å². The Hall–Kier alpha value is -1.42. The number of hydrogen-bond donors (Lipinski definition) is 0. The van der Waals surface area contributed by atoms with Crippen molar-refractivity contribution in [2.75, 3.05) is 7.11 Å². The minimum Gasteiger partial charge on any atom is -0.480 e. The molecule has 5 heteroatoms. The van der Waals surface area contributed by atoms with Crippen LogP contribution in [0.5, 0.6) is 5.88 Å². The molecule has 0 aliphatic heterocycles. The van der Waals surface area contributed by atoms with Gasteiger partial charge in [0.2, 0.25) is 5.88 Å². The highest BCUT2D eigenvalue weighted by Crippen LogP contribution is 2.27. The fourth-order valence-corrected chi connectivity index (χ4v) is 1.61. The Morgan fingerprint density at radius 3 is 2.53 bits per heavy atom. The molecule has 0 aliphatic rings. The minimum atomic E-state index is -0.150. The lowest BCUT2D eigenvalue weighted by atomic mass is 9.95. The van der Waals surface area contributed by atoms with E-state index < -0.39 is 0 Å². The van der Waals surface area contributed by atoms with Gasteiger partial charge in [-0.15, -0.1) is 0 Å². The number of methoxy groups -OCH3 is 1. The van der Waals surface area contributed by atoms with Crippen LogP contribution in [0.25, 0.3) is 11.0 Å². The second-order valence-electron chi connectivity index (χ2n) is 4.83. The molecule has 2 aromatic heterocycles. The molecule has 0 aromatic carbocycles. The summed E-state index contributed by atoms with van der Waals surface area (Å²) >= 11 is 5.90. The van der Waals surface area contributed by atoms with E-state index in [1.807, 2.05) is 20.8 Å². The van der Waals surface area contributed by atoms with Crippen LogP contribution in [-0.4, -0.2) is 22.1 Å². The molecule has 0 spiro atoms. The van der Waals surface area contributed by atoms with E-state index in [-0.39, 0.29) is 5.41 Å². The van der Waals surface area contributed by atoms with E-state index in [9.17, 15) is 0 Å². The maximum atomic E-state index is 5.90. The number of nitrogens with zero attached hydrogens (tertiary/aromatic N) is 3. The van der Waals surface area contributed by atoms with Gasteiger partial charge in [0.15, 0.2) is 5.65 Å². The molecule has 0 bridgehead atoms. The van der Waals surface area contributed by atoms with E-state index in [2.05, 4.69) is 15.0 Å². The fraction of sp³-hybridized carbons (Fsp3) is 0.417. The molecule has 2 rings (SSSR count). The summed E-state index contributed by atoms with van der Waals surface area (Å²) < 4.78 is 5.27. The molecule has 0 radical (unpaired) electrons. The Bertz CT molecular complexity index is 563. The van der Waals surface area contributed by atoms with Gasteiger partial charge in [-0.2, -0.15) is 4.98 Å². The van der Waals surface area contributed by atoms with Crippen molar-refractivity contribution in [3.63, 3.8) is 0 Å². The zero-order valence-corrected chi connectivity index (χ0v) is 11.0. The first-order chi connectivity index (χ1) is 7.91. The Morgan fingerprint density at radius 1 is 1.24 bits per heavy atom. The molecule has 4 nitrogen and oxygen atoms in total. The molecule has 0 saturated heterocycles. The lowest BCUT2D eigenvalue weighted by Gasteiger charge is -2.17. The monoisotopic (exact) mass is 251 g/mol. The first-order valence-corrected chi connectivity index (χ1v) is 5.67. The highest BCUT2D eigenvalue weighted by Gasteiger charge is 2.20. The van der Waals surface area contributed by atoms with E-state index in [0.717, 1.165) is 5.39 Å². The standard InChI is InChI=1S/C12H14ClN3O/c1-12(2,3)11-15-9-8(10(16-11)17-4)5-7(13)6-14-9/h5-6H,1-4H3. The van der Waals surface area contributed by atoms with Crippen LogP contribution < -0.4 is 4.74 Å². The molecule has 2 heterocycles. The molecule has 90 valence electrons. The quantitative estimate of drug-likeness (QED) is 0.782. The number of pyridine rings is 1. The van der Waals surface area contributed by atoms with E-state index in [1.54, 1.807) is 19.4 Å². The van der Waals surface area contributed by atoms with Gasteiger partial charge in [0.1, 0.15) is 5.82 Å². The van der Waals surface area contributed by atoms with Gasteiger partial charge in [-0.3, -0.25) is 0 Å². The van der Waals surface area contributed by atoms with Crippen LogP contribution in [-0.2, 0) is 5.41 Å². The molecule has 0 fully saturated rings. The predicted octanol–water partition coefficient (Wildman–Crippen LogP) is 2.98. The Morgan fingerprint density at radius 2 is 1.94 bits per heavy atom. The third kappa shape index (κ3) is 2.31. The average Bonchev–Trinajstić information content (AvgIpc) is 2.26. The number of hydrogen-bond acceptors (Lipinski definition) is 4. The number of halogens is 1. The van der Waals surface area contributed by atoms with Crippen molar-refractivity contribution in [2.45, 2.75) is 26.2 Å². The minimum absolute atomic E-state index is 0.150. The van der Waals surface area contributed by atoms with Gasteiger partial charge in [-0.25, -0.2) is 9.97 Å². The van der Waals surface area contributed by atoms with Crippen molar-refractivity contribution in [3.8, 4) is 5.88 Å². The molecular weight excluding hydrogens is 238 g/mol. The van der Waals surface area contributed by atoms with Gasteiger partial charge < -0.3 is 4.74 Å². The predicted molar refractivity (Wildman–Crippen MR) is 67.6 cm³/mol.